The molecule has 0 radical (unpaired) electrons. The molecule has 0 saturated heterocycles. The third-order valence-electron chi connectivity index (χ3n) is 2.33. The minimum Gasteiger partial charge on any atom is -0.392 e. The van der Waals surface area contributed by atoms with E-state index in [0.717, 1.165) is 4.88 Å². The predicted octanol–water partition coefficient (Wildman–Crippen LogP) is 0.974. The molecule has 0 aliphatic heterocycles. The Balaban J connectivity index is 2.48. The van der Waals surface area contributed by atoms with Crippen molar-refractivity contribution in [1.29, 1.82) is 0 Å². The van der Waals surface area contributed by atoms with Crippen molar-refractivity contribution in [2.45, 2.75) is 39.0 Å². The van der Waals surface area contributed by atoms with Crippen LogP contribution >= 0.6 is 11.3 Å². The van der Waals surface area contributed by atoms with Crippen LogP contribution in [-0.4, -0.2) is 21.7 Å². The predicted molar refractivity (Wildman–Crippen MR) is 59.1 cm³/mol. The van der Waals surface area contributed by atoms with E-state index in [0.29, 0.717) is 11.7 Å². The molecule has 0 amide bonds. The van der Waals surface area contributed by atoms with Gasteiger partial charge in [-0.2, -0.15) is 0 Å². The number of nitrogen functional groups attached to an aromatic ring is 1. The summed E-state index contributed by atoms with van der Waals surface area (Å²) in [6, 6.07) is 0. The van der Waals surface area contributed by atoms with Crippen LogP contribution in [0, 0.1) is 0 Å². The molecule has 0 saturated carbocycles. The highest BCUT2D eigenvalue weighted by Gasteiger charge is 2.23. The summed E-state index contributed by atoms with van der Waals surface area (Å²) < 4.78 is 0. The number of anilines is 1. The Bertz CT molecular complexity index is 296. The average molecular weight is 215 g/mol. The number of rotatable bonds is 4. The third-order valence-corrected chi connectivity index (χ3v) is 3.16. The van der Waals surface area contributed by atoms with E-state index in [1.165, 1.54) is 11.3 Å². The zero-order valence-electron chi connectivity index (χ0n) is 8.74. The van der Waals surface area contributed by atoms with E-state index < -0.39 is 6.10 Å². The Hall–Kier alpha value is -0.650. The normalized spacial score (nSPS) is 14.3. The number of hydrogen-bond acceptors (Lipinski definition) is 5. The molecule has 1 aromatic rings. The second-order valence-corrected chi connectivity index (χ2v) is 5.06. The van der Waals surface area contributed by atoms with Gasteiger partial charge in [-0.25, -0.2) is 4.98 Å². The molecule has 4 nitrogen and oxygen atoms in total. The number of thiazole rings is 1. The lowest BCUT2D eigenvalue weighted by atomic mass is 9.99. The van der Waals surface area contributed by atoms with Crippen LogP contribution in [0.1, 0.15) is 25.6 Å². The maximum Gasteiger partial charge on any atom is 0.180 e. The molecular formula is C9H17N3OS. The highest BCUT2D eigenvalue weighted by atomic mass is 32.1. The smallest absolute Gasteiger partial charge is 0.180 e. The van der Waals surface area contributed by atoms with Gasteiger partial charge in [-0.3, -0.25) is 0 Å². The maximum atomic E-state index is 9.46. The number of nitrogens with two attached hydrogens (primary N) is 1. The van der Waals surface area contributed by atoms with Crippen LogP contribution in [0.5, 0.6) is 0 Å². The number of hydrogen-bond donors (Lipinski definition) is 3. The second-order valence-electron chi connectivity index (χ2n) is 3.92. The highest BCUT2D eigenvalue weighted by molar-refractivity contribution is 7.15. The molecule has 5 heteroatoms. The van der Waals surface area contributed by atoms with Crippen LogP contribution in [0.2, 0.25) is 0 Å². The van der Waals surface area contributed by atoms with E-state index in [9.17, 15) is 5.11 Å². The van der Waals surface area contributed by atoms with Crippen LogP contribution in [-0.2, 0) is 6.54 Å². The molecule has 0 aromatic carbocycles. The number of nitrogens with zero attached hydrogens (tertiary/aromatic N) is 1. The molecule has 0 spiro atoms. The summed E-state index contributed by atoms with van der Waals surface area (Å²) in [5.41, 5.74) is 5.22. The van der Waals surface area contributed by atoms with E-state index >= 15 is 0 Å². The Morgan fingerprint density at radius 2 is 2.36 bits per heavy atom. The highest BCUT2D eigenvalue weighted by Crippen LogP contribution is 2.16. The summed E-state index contributed by atoms with van der Waals surface area (Å²) in [5, 5.41) is 13.3. The quantitative estimate of drug-likeness (QED) is 0.700. The molecule has 0 fully saturated rings. The topological polar surface area (TPSA) is 71.2 Å². The van der Waals surface area contributed by atoms with Crippen molar-refractivity contribution >= 4 is 16.5 Å². The summed E-state index contributed by atoms with van der Waals surface area (Å²) in [6.07, 6.45) is 1.36. The first-order chi connectivity index (χ1) is 6.42. The van der Waals surface area contributed by atoms with E-state index in [2.05, 4.69) is 10.3 Å². The van der Waals surface area contributed by atoms with Gasteiger partial charge in [0.25, 0.3) is 0 Å². The average Bonchev–Trinajstić information content (AvgIpc) is 2.48. The van der Waals surface area contributed by atoms with E-state index in [4.69, 9.17) is 5.73 Å². The fraction of sp³-hybridized carbons (Fsp3) is 0.667. The number of aliphatic hydroxyl groups excluding tert-OH is 1. The van der Waals surface area contributed by atoms with Gasteiger partial charge in [-0.05, 0) is 20.8 Å². The zero-order valence-corrected chi connectivity index (χ0v) is 9.56. The van der Waals surface area contributed by atoms with Crippen molar-refractivity contribution in [1.82, 2.24) is 10.3 Å². The number of nitrogens with one attached hydrogen (secondary N) is 1. The lowest BCUT2D eigenvalue weighted by Gasteiger charge is -2.29. The van der Waals surface area contributed by atoms with E-state index in [-0.39, 0.29) is 5.54 Å². The minimum atomic E-state index is -0.396. The Morgan fingerprint density at radius 3 is 2.79 bits per heavy atom. The molecule has 80 valence electrons. The van der Waals surface area contributed by atoms with Crippen LogP contribution in [0.4, 0.5) is 5.13 Å². The van der Waals surface area contributed by atoms with Gasteiger partial charge in [0.2, 0.25) is 0 Å². The fourth-order valence-corrected chi connectivity index (χ4v) is 1.49. The summed E-state index contributed by atoms with van der Waals surface area (Å²) >= 11 is 1.46. The third kappa shape index (κ3) is 2.94. The van der Waals surface area contributed by atoms with Crippen molar-refractivity contribution in [3.05, 3.63) is 11.1 Å². The first-order valence-corrected chi connectivity index (χ1v) is 5.37. The lowest BCUT2D eigenvalue weighted by Crippen LogP contribution is -2.47. The number of aromatic nitrogens is 1. The molecule has 0 aliphatic rings. The van der Waals surface area contributed by atoms with Gasteiger partial charge in [-0.15, -0.1) is 11.3 Å². The Morgan fingerprint density at radius 1 is 1.71 bits per heavy atom. The summed E-state index contributed by atoms with van der Waals surface area (Å²) in [7, 11) is 0. The summed E-state index contributed by atoms with van der Waals surface area (Å²) in [4.78, 5) is 5.04. The molecule has 1 unspecified atom stereocenters. The van der Waals surface area contributed by atoms with Gasteiger partial charge >= 0.3 is 0 Å². The molecular weight excluding hydrogens is 198 g/mol. The van der Waals surface area contributed by atoms with Gasteiger partial charge < -0.3 is 16.2 Å². The van der Waals surface area contributed by atoms with Gasteiger partial charge in [0.1, 0.15) is 0 Å². The van der Waals surface area contributed by atoms with Gasteiger partial charge in [0, 0.05) is 23.2 Å². The minimum absolute atomic E-state index is 0.293. The van der Waals surface area contributed by atoms with Crippen LogP contribution < -0.4 is 11.1 Å². The largest absolute Gasteiger partial charge is 0.392 e. The van der Waals surface area contributed by atoms with Gasteiger partial charge in [0.15, 0.2) is 5.13 Å². The summed E-state index contributed by atoms with van der Waals surface area (Å²) in [5.74, 6) is 0. The molecule has 1 aromatic heterocycles. The summed E-state index contributed by atoms with van der Waals surface area (Å²) in [6.45, 7) is 6.38. The van der Waals surface area contributed by atoms with E-state index in [1.807, 2.05) is 13.8 Å². The molecule has 14 heavy (non-hydrogen) atoms. The monoisotopic (exact) mass is 215 g/mol. The van der Waals surface area contributed by atoms with E-state index in [1.54, 1.807) is 13.1 Å². The SMILES string of the molecule is CC(O)C(C)(C)NCc1cnc(N)s1. The Kier molecular flexibility index (Phi) is 3.47. The maximum absolute atomic E-state index is 9.46. The van der Waals surface area contributed by atoms with Crippen molar-refractivity contribution in [2.75, 3.05) is 5.73 Å². The lowest BCUT2D eigenvalue weighted by molar-refractivity contribution is 0.0958. The molecule has 0 bridgehead atoms. The first-order valence-electron chi connectivity index (χ1n) is 4.55. The molecule has 4 N–H and O–H groups in total. The standard InChI is InChI=1S/C9H17N3OS/c1-6(13)9(2,3)12-5-7-4-11-8(10)14-7/h4,6,12-13H,5H2,1-3H3,(H2,10,11). The first kappa shape index (κ1) is 11.4. The van der Waals surface area contributed by atoms with Gasteiger partial charge in [0.05, 0.1) is 6.10 Å². The number of aliphatic hydroxyl groups is 1. The second kappa shape index (κ2) is 4.25. The Labute approximate surface area is 88.2 Å². The van der Waals surface area contributed by atoms with Crippen molar-refractivity contribution in [3.63, 3.8) is 0 Å². The van der Waals surface area contributed by atoms with Crippen LogP contribution in [0.3, 0.4) is 0 Å². The molecule has 1 rings (SSSR count). The molecule has 1 atom stereocenters. The molecule has 1 heterocycles. The molecule has 0 aliphatic carbocycles. The van der Waals surface area contributed by atoms with Crippen LogP contribution in [0.15, 0.2) is 6.20 Å². The zero-order chi connectivity index (χ0) is 10.8. The van der Waals surface area contributed by atoms with Crippen LogP contribution in [0.25, 0.3) is 0 Å². The van der Waals surface area contributed by atoms with Crippen molar-refractivity contribution in [2.24, 2.45) is 0 Å². The van der Waals surface area contributed by atoms with Gasteiger partial charge in [-0.1, -0.05) is 0 Å². The van der Waals surface area contributed by atoms with Crippen molar-refractivity contribution in [3.8, 4) is 0 Å². The fourth-order valence-electron chi connectivity index (χ4n) is 0.867. The van der Waals surface area contributed by atoms with Crippen molar-refractivity contribution < 1.29 is 5.11 Å².